The molecular weight excluding hydrogens is 426 g/mol. The molecule has 0 radical (unpaired) electrons. The lowest BCUT2D eigenvalue weighted by molar-refractivity contribution is 0.0741. The van der Waals surface area contributed by atoms with Crippen molar-refractivity contribution >= 4 is 39.8 Å². The van der Waals surface area contributed by atoms with Crippen LogP contribution in [0, 0.1) is 6.92 Å². The number of para-hydroxylation sites is 2. The number of rotatable bonds is 5. The molecule has 4 rings (SSSR count). The minimum absolute atomic E-state index is 0.132. The SMILES string of the molecule is COc1ccccc1N1CCN(C(=O)c2csc(NC(=O)Nc3ccc(C)cc3)n2)CC1. The molecule has 0 spiro atoms. The van der Waals surface area contributed by atoms with Crippen LogP contribution in [-0.2, 0) is 0 Å². The largest absolute Gasteiger partial charge is 0.495 e. The Kier molecular flexibility index (Phi) is 6.55. The second kappa shape index (κ2) is 9.69. The number of nitrogens with zero attached hydrogens (tertiary/aromatic N) is 3. The van der Waals surface area contributed by atoms with Gasteiger partial charge in [0.15, 0.2) is 5.13 Å². The van der Waals surface area contributed by atoms with E-state index in [0.717, 1.165) is 17.0 Å². The van der Waals surface area contributed by atoms with E-state index in [9.17, 15) is 9.59 Å². The maximum atomic E-state index is 12.9. The Labute approximate surface area is 190 Å². The van der Waals surface area contributed by atoms with Crippen molar-refractivity contribution in [2.75, 3.05) is 48.8 Å². The molecule has 1 fully saturated rings. The van der Waals surface area contributed by atoms with Gasteiger partial charge in [0, 0.05) is 37.2 Å². The van der Waals surface area contributed by atoms with Gasteiger partial charge >= 0.3 is 6.03 Å². The number of carbonyl (C=O) groups is 2. The maximum absolute atomic E-state index is 12.9. The van der Waals surface area contributed by atoms with Crippen molar-refractivity contribution in [1.82, 2.24) is 9.88 Å². The van der Waals surface area contributed by atoms with Crippen LogP contribution in [0.5, 0.6) is 5.75 Å². The van der Waals surface area contributed by atoms with Gasteiger partial charge in [0.1, 0.15) is 11.4 Å². The van der Waals surface area contributed by atoms with Gasteiger partial charge < -0.3 is 19.9 Å². The van der Waals surface area contributed by atoms with Crippen LogP contribution in [0.4, 0.5) is 21.3 Å². The number of carbonyl (C=O) groups excluding carboxylic acids is 2. The highest BCUT2D eigenvalue weighted by Gasteiger charge is 2.25. The first-order valence-corrected chi connectivity index (χ1v) is 11.2. The Bertz CT molecular complexity index is 1090. The number of anilines is 3. The third-order valence-electron chi connectivity index (χ3n) is 5.25. The Hall–Kier alpha value is -3.59. The highest BCUT2D eigenvalue weighted by Crippen LogP contribution is 2.28. The predicted molar refractivity (Wildman–Crippen MR) is 127 cm³/mol. The number of thiazole rings is 1. The number of amides is 3. The lowest BCUT2D eigenvalue weighted by atomic mass is 10.2. The van der Waals surface area contributed by atoms with Gasteiger partial charge in [-0.15, -0.1) is 11.3 Å². The molecule has 1 saturated heterocycles. The summed E-state index contributed by atoms with van der Waals surface area (Å²) in [7, 11) is 1.66. The zero-order valence-electron chi connectivity index (χ0n) is 18.0. The second-order valence-electron chi connectivity index (χ2n) is 7.43. The molecule has 2 heterocycles. The van der Waals surface area contributed by atoms with Gasteiger partial charge in [-0.25, -0.2) is 9.78 Å². The summed E-state index contributed by atoms with van der Waals surface area (Å²) in [5.74, 6) is 0.694. The van der Waals surface area contributed by atoms with Crippen molar-refractivity contribution in [3.05, 3.63) is 65.2 Å². The standard InChI is InChI=1S/C23H25N5O3S/c1-16-7-9-17(10-8-16)24-22(30)26-23-25-18(15-32-23)21(29)28-13-11-27(12-14-28)19-5-3-4-6-20(19)31-2/h3-10,15H,11-14H2,1-2H3,(H2,24,25,26,30). The minimum Gasteiger partial charge on any atom is -0.495 e. The van der Waals surface area contributed by atoms with Gasteiger partial charge in [-0.05, 0) is 31.2 Å². The van der Waals surface area contributed by atoms with Crippen LogP contribution in [0.1, 0.15) is 16.1 Å². The number of benzene rings is 2. The number of aryl methyl sites for hydroxylation is 1. The topological polar surface area (TPSA) is 86.8 Å². The van der Waals surface area contributed by atoms with E-state index in [2.05, 4.69) is 20.5 Å². The normalized spacial score (nSPS) is 13.6. The number of hydrogen-bond donors (Lipinski definition) is 2. The van der Waals surface area contributed by atoms with E-state index >= 15 is 0 Å². The van der Waals surface area contributed by atoms with E-state index in [4.69, 9.17) is 4.74 Å². The fourth-order valence-corrected chi connectivity index (χ4v) is 4.21. The summed E-state index contributed by atoms with van der Waals surface area (Å²) in [5.41, 5.74) is 3.17. The van der Waals surface area contributed by atoms with Crippen molar-refractivity contribution < 1.29 is 14.3 Å². The summed E-state index contributed by atoms with van der Waals surface area (Å²) in [5, 5.41) is 7.50. The van der Waals surface area contributed by atoms with Crippen LogP contribution in [0.15, 0.2) is 53.9 Å². The molecule has 1 aliphatic heterocycles. The van der Waals surface area contributed by atoms with Gasteiger partial charge in [-0.2, -0.15) is 0 Å². The van der Waals surface area contributed by atoms with Crippen LogP contribution >= 0.6 is 11.3 Å². The van der Waals surface area contributed by atoms with Gasteiger partial charge in [-0.3, -0.25) is 10.1 Å². The van der Waals surface area contributed by atoms with Crippen LogP contribution in [-0.4, -0.2) is 55.1 Å². The average Bonchev–Trinajstić information content (AvgIpc) is 3.28. The smallest absolute Gasteiger partial charge is 0.325 e. The number of ether oxygens (including phenoxy) is 1. The van der Waals surface area contributed by atoms with Gasteiger partial charge in [0.2, 0.25) is 0 Å². The van der Waals surface area contributed by atoms with Crippen molar-refractivity contribution in [3.63, 3.8) is 0 Å². The molecule has 0 atom stereocenters. The molecule has 3 aromatic rings. The molecule has 0 unspecified atom stereocenters. The van der Waals surface area contributed by atoms with Crippen LogP contribution in [0.2, 0.25) is 0 Å². The van der Waals surface area contributed by atoms with Crippen molar-refractivity contribution in [2.45, 2.75) is 6.92 Å². The summed E-state index contributed by atoms with van der Waals surface area (Å²) < 4.78 is 5.45. The van der Waals surface area contributed by atoms with Crippen molar-refractivity contribution in [3.8, 4) is 5.75 Å². The average molecular weight is 452 g/mol. The van der Waals surface area contributed by atoms with Crippen molar-refractivity contribution in [1.29, 1.82) is 0 Å². The molecule has 9 heteroatoms. The molecule has 8 nitrogen and oxygen atoms in total. The zero-order chi connectivity index (χ0) is 22.5. The third-order valence-corrected chi connectivity index (χ3v) is 6.00. The summed E-state index contributed by atoms with van der Waals surface area (Å²) in [6, 6.07) is 15.0. The quantitative estimate of drug-likeness (QED) is 0.611. The first-order valence-electron chi connectivity index (χ1n) is 10.3. The Morgan fingerprint density at radius 1 is 1.00 bits per heavy atom. The van der Waals surface area contributed by atoms with Crippen LogP contribution in [0.25, 0.3) is 0 Å². The minimum atomic E-state index is -0.396. The molecule has 1 aromatic heterocycles. The second-order valence-corrected chi connectivity index (χ2v) is 8.29. The number of urea groups is 1. The molecule has 1 aliphatic rings. The number of methoxy groups -OCH3 is 1. The number of piperazine rings is 1. The fraction of sp³-hybridized carbons (Fsp3) is 0.261. The molecule has 3 amide bonds. The van der Waals surface area contributed by atoms with Gasteiger partial charge in [-0.1, -0.05) is 29.8 Å². The van der Waals surface area contributed by atoms with Crippen LogP contribution in [0.3, 0.4) is 0 Å². The highest BCUT2D eigenvalue weighted by molar-refractivity contribution is 7.14. The first kappa shape index (κ1) is 21.6. The lowest BCUT2D eigenvalue weighted by Crippen LogP contribution is -2.49. The Morgan fingerprint density at radius 2 is 1.72 bits per heavy atom. The Morgan fingerprint density at radius 3 is 2.44 bits per heavy atom. The van der Waals surface area contributed by atoms with E-state index in [1.807, 2.05) is 55.5 Å². The first-order chi connectivity index (χ1) is 15.5. The number of hydrogen-bond acceptors (Lipinski definition) is 6. The zero-order valence-corrected chi connectivity index (χ0v) is 18.8. The molecule has 0 saturated carbocycles. The molecule has 0 aliphatic carbocycles. The molecule has 2 aromatic carbocycles. The molecule has 166 valence electrons. The van der Waals surface area contributed by atoms with E-state index < -0.39 is 6.03 Å². The fourth-order valence-electron chi connectivity index (χ4n) is 3.53. The van der Waals surface area contributed by atoms with E-state index in [-0.39, 0.29) is 5.91 Å². The predicted octanol–water partition coefficient (Wildman–Crippen LogP) is 4.07. The summed E-state index contributed by atoms with van der Waals surface area (Å²) >= 11 is 1.23. The van der Waals surface area contributed by atoms with Gasteiger partial charge in [0.05, 0.1) is 12.8 Å². The number of aromatic nitrogens is 1. The monoisotopic (exact) mass is 451 g/mol. The lowest BCUT2D eigenvalue weighted by Gasteiger charge is -2.36. The molecule has 2 N–H and O–H groups in total. The van der Waals surface area contributed by atoms with E-state index in [1.165, 1.54) is 11.3 Å². The third kappa shape index (κ3) is 5.00. The van der Waals surface area contributed by atoms with Crippen LogP contribution < -0.4 is 20.3 Å². The molecule has 32 heavy (non-hydrogen) atoms. The molecular formula is C23H25N5O3S. The number of nitrogens with one attached hydrogen (secondary N) is 2. The molecule has 0 bridgehead atoms. The summed E-state index contributed by atoms with van der Waals surface area (Å²) in [4.78, 5) is 33.4. The van der Waals surface area contributed by atoms with Gasteiger partial charge in [0.25, 0.3) is 5.91 Å². The highest BCUT2D eigenvalue weighted by atomic mass is 32.1. The van der Waals surface area contributed by atoms with E-state index in [0.29, 0.717) is 42.7 Å². The Balaban J connectivity index is 1.32. The van der Waals surface area contributed by atoms with E-state index in [1.54, 1.807) is 17.4 Å². The summed E-state index contributed by atoms with van der Waals surface area (Å²) in [6.45, 7) is 4.58. The summed E-state index contributed by atoms with van der Waals surface area (Å²) in [6.07, 6.45) is 0. The van der Waals surface area contributed by atoms with Crippen molar-refractivity contribution in [2.24, 2.45) is 0 Å². The maximum Gasteiger partial charge on any atom is 0.325 e.